The smallest absolute Gasteiger partial charge is 0.282 e. The third-order valence-electron chi connectivity index (χ3n) is 4.45. The van der Waals surface area contributed by atoms with E-state index in [1.54, 1.807) is 18.2 Å². The molecule has 0 aliphatic carbocycles. The van der Waals surface area contributed by atoms with Gasteiger partial charge in [-0.15, -0.1) is 0 Å². The summed E-state index contributed by atoms with van der Waals surface area (Å²) in [5.74, 6) is 0.542. The highest BCUT2D eigenvalue weighted by Gasteiger charge is 2.21. The van der Waals surface area contributed by atoms with Crippen molar-refractivity contribution < 1.29 is 10.1 Å². The summed E-state index contributed by atoms with van der Waals surface area (Å²) in [5.41, 5.74) is 3.58. The summed E-state index contributed by atoms with van der Waals surface area (Å²) in [4.78, 5) is 12.5. The first-order valence-electron chi connectivity index (χ1n) is 9.14. The van der Waals surface area contributed by atoms with Gasteiger partial charge in [0.1, 0.15) is 12.1 Å². The van der Waals surface area contributed by atoms with E-state index in [0.29, 0.717) is 17.2 Å². The van der Waals surface area contributed by atoms with Gasteiger partial charge < -0.3 is 10.6 Å². The number of hydrogen-bond acceptors (Lipinski definition) is 2. The summed E-state index contributed by atoms with van der Waals surface area (Å²) in [6, 6.07) is 17.7. The van der Waals surface area contributed by atoms with Gasteiger partial charge in [-0.25, -0.2) is 0 Å². The van der Waals surface area contributed by atoms with Crippen LogP contribution in [0.2, 0.25) is 0 Å². The number of amides is 1. The third-order valence-corrected chi connectivity index (χ3v) is 4.45. The number of benzene rings is 2. The number of carbonyl (C=O) groups excluding carboxylic acids is 1. The molecule has 0 aromatic heterocycles. The van der Waals surface area contributed by atoms with Gasteiger partial charge in [0.05, 0.1) is 11.3 Å². The zero-order valence-electron chi connectivity index (χ0n) is 16.0. The van der Waals surface area contributed by atoms with E-state index >= 15 is 0 Å². The molecule has 0 spiro atoms. The minimum absolute atomic E-state index is 0.101. The molecule has 0 aliphatic heterocycles. The lowest BCUT2D eigenvalue weighted by atomic mass is 9.99. The lowest BCUT2D eigenvalue weighted by Crippen LogP contribution is -2.91. The topological polar surface area (TPSA) is 69.5 Å². The van der Waals surface area contributed by atoms with E-state index in [-0.39, 0.29) is 18.0 Å². The van der Waals surface area contributed by atoms with E-state index in [1.165, 1.54) is 11.1 Å². The largest absolute Gasteiger partial charge is 0.330 e. The second-order valence-electron chi connectivity index (χ2n) is 7.26. The molecule has 2 aromatic carbocycles. The third kappa shape index (κ3) is 5.44. The Bertz CT molecular complexity index is 775. The van der Waals surface area contributed by atoms with Gasteiger partial charge in [0.15, 0.2) is 6.04 Å². The van der Waals surface area contributed by atoms with Gasteiger partial charge in [0.2, 0.25) is 0 Å². The van der Waals surface area contributed by atoms with Gasteiger partial charge in [-0.1, -0.05) is 50.2 Å². The molecule has 136 valence electrons. The number of nitrogens with one attached hydrogen (secondary N) is 1. The molecule has 0 heterocycles. The van der Waals surface area contributed by atoms with Gasteiger partial charge in [0.25, 0.3) is 5.91 Å². The van der Waals surface area contributed by atoms with E-state index in [1.807, 2.05) is 18.3 Å². The highest BCUT2D eigenvalue weighted by atomic mass is 16.2. The van der Waals surface area contributed by atoms with Gasteiger partial charge in [-0.2, -0.15) is 5.26 Å². The molecule has 2 atom stereocenters. The van der Waals surface area contributed by atoms with E-state index in [4.69, 9.17) is 5.26 Å². The van der Waals surface area contributed by atoms with Crippen LogP contribution in [0.3, 0.4) is 0 Å². The van der Waals surface area contributed by atoms with Crippen LogP contribution >= 0.6 is 0 Å². The Morgan fingerprint density at radius 2 is 1.73 bits per heavy atom. The Kier molecular flexibility index (Phi) is 6.94. The molecule has 0 bridgehead atoms. The van der Waals surface area contributed by atoms with Gasteiger partial charge in [0, 0.05) is 5.56 Å². The SMILES string of the molecule is CC(C)Cc1ccc([C@H](C)[NH2+][C@@H](C)C(=O)Nc2ccccc2C#N)cc1. The van der Waals surface area contributed by atoms with Crippen molar-refractivity contribution in [3.8, 4) is 6.07 Å². The molecule has 0 unspecified atom stereocenters. The quantitative estimate of drug-likeness (QED) is 0.803. The van der Waals surface area contributed by atoms with Crippen molar-refractivity contribution >= 4 is 11.6 Å². The summed E-state index contributed by atoms with van der Waals surface area (Å²) >= 11 is 0. The number of nitrogens with zero attached hydrogens (tertiary/aromatic N) is 1. The average Bonchev–Trinajstić information content (AvgIpc) is 2.62. The Morgan fingerprint density at radius 1 is 1.08 bits per heavy atom. The number of nitriles is 1. The van der Waals surface area contributed by atoms with E-state index in [0.717, 1.165) is 6.42 Å². The predicted octanol–water partition coefficient (Wildman–Crippen LogP) is 3.41. The Labute approximate surface area is 156 Å². The fourth-order valence-electron chi connectivity index (χ4n) is 3.00. The van der Waals surface area contributed by atoms with Gasteiger partial charge in [-0.3, -0.25) is 4.79 Å². The average molecular weight is 350 g/mol. The molecule has 0 aliphatic rings. The van der Waals surface area contributed by atoms with Crippen LogP contribution in [0, 0.1) is 17.2 Å². The monoisotopic (exact) mass is 350 g/mol. The van der Waals surface area contributed by atoms with E-state index in [9.17, 15) is 4.79 Å². The number of rotatable bonds is 7. The Hall–Kier alpha value is -2.64. The van der Waals surface area contributed by atoms with Crippen molar-refractivity contribution in [3.05, 3.63) is 65.2 Å². The summed E-state index contributed by atoms with van der Waals surface area (Å²) in [7, 11) is 0. The lowest BCUT2D eigenvalue weighted by molar-refractivity contribution is -0.709. The standard InChI is InChI=1S/C22H27N3O/c1-15(2)13-18-9-11-19(12-10-18)16(3)24-17(4)22(26)25-21-8-6-5-7-20(21)14-23/h5-12,15-17,24H,13H2,1-4H3,(H,25,26)/p+1/t16-,17-/m0/s1. The molecule has 4 heteroatoms. The van der Waals surface area contributed by atoms with Gasteiger partial charge >= 0.3 is 0 Å². The molecule has 0 saturated carbocycles. The normalized spacial score (nSPS) is 13.1. The molecule has 2 aromatic rings. The van der Waals surface area contributed by atoms with Crippen molar-refractivity contribution in [1.82, 2.24) is 0 Å². The number of anilines is 1. The fourth-order valence-corrected chi connectivity index (χ4v) is 3.00. The molecule has 0 fully saturated rings. The Morgan fingerprint density at radius 3 is 2.35 bits per heavy atom. The first-order valence-corrected chi connectivity index (χ1v) is 9.14. The Balaban J connectivity index is 1.96. The maximum absolute atomic E-state index is 12.5. The molecular formula is C22H28N3O+. The van der Waals surface area contributed by atoms with Crippen molar-refractivity contribution in [1.29, 1.82) is 5.26 Å². The summed E-state index contributed by atoms with van der Waals surface area (Å²) in [5, 5.41) is 14.0. The maximum Gasteiger partial charge on any atom is 0.282 e. The summed E-state index contributed by atoms with van der Waals surface area (Å²) in [6.45, 7) is 8.42. The van der Waals surface area contributed by atoms with Crippen LogP contribution in [0.15, 0.2) is 48.5 Å². The second-order valence-corrected chi connectivity index (χ2v) is 7.26. The van der Waals surface area contributed by atoms with E-state index in [2.05, 4.69) is 56.4 Å². The minimum atomic E-state index is -0.257. The number of nitrogens with two attached hydrogens (primary N) is 1. The second kappa shape index (κ2) is 9.17. The highest BCUT2D eigenvalue weighted by molar-refractivity contribution is 5.94. The van der Waals surface area contributed by atoms with Crippen molar-refractivity contribution in [2.45, 2.75) is 46.2 Å². The van der Waals surface area contributed by atoms with Crippen LogP contribution in [-0.4, -0.2) is 11.9 Å². The molecule has 2 rings (SSSR count). The zero-order chi connectivity index (χ0) is 19.1. The van der Waals surface area contributed by atoms with Crippen molar-refractivity contribution in [2.24, 2.45) is 5.92 Å². The van der Waals surface area contributed by atoms with Crippen LogP contribution in [0.25, 0.3) is 0 Å². The number of para-hydroxylation sites is 1. The number of quaternary nitrogens is 1. The molecule has 3 N–H and O–H groups in total. The predicted molar refractivity (Wildman–Crippen MR) is 105 cm³/mol. The van der Waals surface area contributed by atoms with Crippen molar-refractivity contribution in [3.63, 3.8) is 0 Å². The first-order chi connectivity index (χ1) is 12.4. The van der Waals surface area contributed by atoms with E-state index < -0.39 is 0 Å². The summed E-state index contributed by atoms with van der Waals surface area (Å²) in [6.07, 6.45) is 1.08. The van der Waals surface area contributed by atoms with Crippen LogP contribution < -0.4 is 10.6 Å². The molecule has 0 saturated heterocycles. The van der Waals surface area contributed by atoms with Crippen LogP contribution in [0.5, 0.6) is 0 Å². The highest BCUT2D eigenvalue weighted by Crippen LogP contribution is 2.15. The van der Waals surface area contributed by atoms with Crippen LogP contribution in [0.1, 0.15) is 50.4 Å². The maximum atomic E-state index is 12.5. The molecule has 0 radical (unpaired) electrons. The zero-order valence-corrected chi connectivity index (χ0v) is 16.0. The van der Waals surface area contributed by atoms with Crippen LogP contribution in [-0.2, 0) is 11.2 Å². The fraction of sp³-hybridized carbons (Fsp3) is 0.364. The molecule has 4 nitrogen and oxygen atoms in total. The lowest BCUT2D eigenvalue weighted by Gasteiger charge is -2.17. The summed E-state index contributed by atoms with van der Waals surface area (Å²) < 4.78 is 0. The van der Waals surface area contributed by atoms with Crippen molar-refractivity contribution in [2.75, 3.05) is 5.32 Å². The molecule has 1 amide bonds. The number of carbonyl (C=O) groups is 1. The number of hydrogen-bond donors (Lipinski definition) is 2. The van der Waals surface area contributed by atoms with Crippen LogP contribution in [0.4, 0.5) is 5.69 Å². The van der Waals surface area contributed by atoms with Gasteiger partial charge in [-0.05, 0) is 43.9 Å². The molecule has 26 heavy (non-hydrogen) atoms. The minimum Gasteiger partial charge on any atom is -0.330 e. The molecular weight excluding hydrogens is 322 g/mol. The first kappa shape index (κ1) is 19.7.